The number of ether oxygens (including phenoxy) is 1. The van der Waals surface area contributed by atoms with Gasteiger partial charge in [-0.2, -0.15) is 0 Å². The summed E-state index contributed by atoms with van der Waals surface area (Å²) in [5.74, 6) is -0.394. The molecule has 1 aromatic heterocycles. The lowest BCUT2D eigenvalue weighted by molar-refractivity contribution is 0.147. The summed E-state index contributed by atoms with van der Waals surface area (Å²) < 4.78 is 6.64. The highest BCUT2D eigenvalue weighted by atomic mass is 16.5. The highest BCUT2D eigenvalue weighted by Gasteiger charge is 2.17. The molecule has 1 aromatic rings. The van der Waals surface area contributed by atoms with Crippen LogP contribution >= 0.6 is 0 Å². The zero-order valence-electron chi connectivity index (χ0n) is 12.7. The molecule has 0 amide bonds. The number of pyridine rings is 1. The van der Waals surface area contributed by atoms with E-state index in [0.29, 0.717) is 37.6 Å². The SMILES string of the molecule is COCCn1c(CO)cc(=O)c(O)c1CN(CCO)CCO. The molecule has 0 aliphatic carbocycles. The second-order valence-corrected chi connectivity index (χ2v) is 4.82. The van der Waals surface area contributed by atoms with Gasteiger partial charge >= 0.3 is 0 Å². The van der Waals surface area contributed by atoms with E-state index in [1.54, 1.807) is 9.47 Å². The van der Waals surface area contributed by atoms with E-state index in [2.05, 4.69) is 0 Å². The molecular formula is C14H24N2O6. The molecule has 0 radical (unpaired) electrons. The standard InChI is InChI=1S/C14H24N2O6/c1-22-7-4-16-11(10-19)8-13(20)14(21)12(16)9-15(2-5-17)3-6-18/h8,17-19,21H,2-7,9-10H2,1H3. The molecule has 0 bridgehead atoms. The number of hydrogen-bond donors (Lipinski definition) is 4. The molecule has 0 aliphatic heterocycles. The summed E-state index contributed by atoms with van der Waals surface area (Å²) >= 11 is 0. The average Bonchev–Trinajstić information content (AvgIpc) is 2.51. The Hall–Kier alpha value is -1.45. The molecule has 8 heteroatoms. The van der Waals surface area contributed by atoms with Crippen molar-refractivity contribution >= 4 is 0 Å². The minimum Gasteiger partial charge on any atom is -0.503 e. The number of aromatic hydroxyl groups is 1. The minimum absolute atomic E-state index is 0.108. The van der Waals surface area contributed by atoms with Crippen molar-refractivity contribution in [3.05, 3.63) is 27.7 Å². The lowest BCUT2D eigenvalue weighted by Gasteiger charge is -2.25. The van der Waals surface area contributed by atoms with Crippen LogP contribution in [-0.2, 0) is 24.4 Å². The summed E-state index contributed by atoms with van der Waals surface area (Å²) in [5, 5.41) is 37.6. The van der Waals surface area contributed by atoms with Gasteiger partial charge in [0.15, 0.2) is 5.75 Å². The normalized spacial score (nSPS) is 11.3. The molecule has 0 atom stereocenters. The molecular weight excluding hydrogens is 292 g/mol. The van der Waals surface area contributed by atoms with Crippen LogP contribution in [0.3, 0.4) is 0 Å². The van der Waals surface area contributed by atoms with Crippen molar-refractivity contribution in [3.8, 4) is 5.75 Å². The molecule has 126 valence electrons. The Labute approximate surface area is 128 Å². The first-order valence-corrected chi connectivity index (χ1v) is 7.07. The third-order valence-electron chi connectivity index (χ3n) is 3.36. The van der Waals surface area contributed by atoms with Crippen LogP contribution in [0.2, 0.25) is 0 Å². The average molecular weight is 316 g/mol. The number of rotatable bonds is 10. The Bertz CT molecular complexity index is 511. The van der Waals surface area contributed by atoms with Gasteiger partial charge in [0.25, 0.3) is 0 Å². The zero-order chi connectivity index (χ0) is 16.5. The number of aliphatic hydroxyl groups excluding tert-OH is 3. The summed E-state index contributed by atoms with van der Waals surface area (Å²) in [5.41, 5.74) is 0.138. The largest absolute Gasteiger partial charge is 0.503 e. The third-order valence-corrected chi connectivity index (χ3v) is 3.36. The first-order valence-electron chi connectivity index (χ1n) is 7.07. The van der Waals surface area contributed by atoms with Crippen molar-refractivity contribution in [1.82, 2.24) is 9.47 Å². The van der Waals surface area contributed by atoms with Crippen molar-refractivity contribution in [1.29, 1.82) is 0 Å². The van der Waals surface area contributed by atoms with E-state index in [1.165, 1.54) is 13.2 Å². The highest BCUT2D eigenvalue weighted by molar-refractivity contribution is 5.30. The van der Waals surface area contributed by atoms with Gasteiger partial charge in [0.05, 0.1) is 32.1 Å². The fourth-order valence-electron chi connectivity index (χ4n) is 2.26. The van der Waals surface area contributed by atoms with Crippen LogP contribution in [0.1, 0.15) is 11.4 Å². The maximum atomic E-state index is 11.8. The molecule has 0 aromatic carbocycles. The maximum absolute atomic E-state index is 11.8. The molecule has 0 saturated heterocycles. The first-order chi connectivity index (χ1) is 10.6. The lowest BCUT2D eigenvalue weighted by atomic mass is 10.2. The van der Waals surface area contributed by atoms with Crippen LogP contribution in [0.15, 0.2) is 10.9 Å². The summed E-state index contributed by atoms with van der Waals surface area (Å²) in [7, 11) is 1.53. The van der Waals surface area contributed by atoms with E-state index in [1.807, 2.05) is 0 Å². The number of aromatic nitrogens is 1. The van der Waals surface area contributed by atoms with E-state index in [9.17, 15) is 15.0 Å². The van der Waals surface area contributed by atoms with Gasteiger partial charge in [-0.3, -0.25) is 9.69 Å². The predicted octanol–water partition coefficient (Wildman–Crippen LogP) is -1.52. The quantitative estimate of drug-likeness (QED) is 0.414. The summed E-state index contributed by atoms with van der Waals surface area (Å²) in [6, 6.07) is 1.19. The van der Waals surface area contributed by atoms with E-state index in [4.69, 9.17) is 14.9 Å². The second kappa shape index (κ2) is 9.54. The Morgan fingerprint density at radius 3 is 2.36 bits per heavy atom. The van der Waals surface area contributed by atoms with E-state index < -0.39 is 11.2 Å². The van der Waals surface area contributed by atoms with Crippen molar-refractivity contribution in [2.24, 2.45) is 0 Å². The summed E-state index contributed by atoms with van der Waals surface area (Å²) in [4.78, 5) is 13.5. The summed E-state index contributed by atoms with van der Waals surface area (Å²) in [6.07, 6.45) is 0. The topological polar surface area (TPSA) is 115 Å². The van der Waals surface area contributed by atoms with Crippen LogP contribution in [0.25, 0.3) is 0 Å². The Morgan fingerprint density at radius 2 is 1.86 bits per heavy atom. The molecule has 0 unspecified atom stereocenters. The van der Waals surface area contributed by atoms with Crippen LogP contribution in [0, 0.1) is 0 Å². The molecule has 22 heavy (non-hydrogen) atoms. The van der Waals surface area contributed by atoms with Crippen molar-refractivity contribution in [2.75, 3.05) is 40.0 Å². The fourth-order valence-corrected chi connectivity index (χ4v) is 2.26. The second-order valence-electron chi connectivity index (χ2n) is 4.82. The molecule has 1 heterocycles. The van der Waals surface area contributed by atoms with Gasteiger partial charge in [-0.05, 0) is 0 Å². The minimum atomic E-state index is -0.569. The monoisotopic (exact) mass is 316 g/mol. The van der Waals surface area contributed by atoms with Crippen LogP contribution in [0.4, 0.5) is 0 Å². The number of nitrogens with zero attached hydrogens (tertiary/aromatic N) is 2. The van der Waals surface area contributed by atoms with E-state index in [-0.39, 0.29) is 26.4 Å². The third kappa shape index (κ3) is 4.79. The van der Waals surface area contributed by atoms with Gasteiger partial charge in [-0.25, -0.2) is 0 Å². The number of hydrogen-bond acceptors (Lipinski definition) is 7. The molecule has 0 fully saturated rings. The van der Waals surface area contributed by atoms with E-state index in [0.717, 1.165) is 0 Å². The van der Waals surface area contributed by atoms with E-state index >= 15 is 0 Å². The van der Waals surface area contributed by atoms with Gasteiger partial charge in [0, 0.05) is 45.0 Å². The number of methoxy groups -OCH3 is 1. The van der Waals surface area contributed by atoms with Crippen LogP contribution in [-0.4, -0.2) is 69.9 Å². The lowest BCUT2D eigenvalue weighted by Crippen LogP contribution is -2.32. The molecule has 8 nitrogen and oxygen atoms in total. The van der Waals surface area contributed by atoms with Gasteiger partial charge in [-0.1, -0.05) is 0 Å². The maximum Gasteiger partial charge on any atom is 0.223 e. The van der Waals surface area contributed by atoms with Crippen molar-refractivity contribution in [3.63, 3.8) is 0 Å². The molecule has 0 aliphatic rings. The van der Waals surface area contributed by atoms with Gasteiger partial charge in [-0.15, -0.1) is 0 Å². The summed E-state index contributed by atoms with van der Waals surface area (Å²) in [6.45, 7) is 0.908. The van der Waals surface area contributed by atoms with Crippen LogP contribution < -0.4 is 5.43 Å². The fraction of sp³-hybridized carbons (Fsp3) is 0.643. The first kappa shape index (κ1) is 18.6. The van der Waals surface area contributed by atoms with Gasteiger partial charge < -0.3 is 29.7 Å². The van der Waals surface area contributed by atoms with Crippen molar-refractivity contribution < 1.29 is 25.2 Å². The molecule has 4 N–H and O–H groups in total. The predicted molar refractivity (Wildman–Crippen MR) is 79.6 cm³/mol. The smallest absolute Gasteiger partial charge is 0.223 e. The van der Waals surface area contributed by atoms with Crippen molar-refractivity contribution in [2.45, 2.75) is 19.7 Å². The Balaban J connectivity index is 3.22. The number of aliphatic hydroxyl groups is 3. The highest BCUT2D eigenvalue weighted by Crippen LogP contribution is 2.17. The Kier molecular flexibility index (Phi) is 8.07. The molecule has 1 rings (SSSR count). The molecule has 0 spiro atoms. The Morgan fingerprint density at radius 1 is 1.23 bits per heavy atom. The van der Waals surface area contributed by atoms with Crippen LogP contribution in [0.5, 0.6) is 5.75 Å². The zero-order valence-corrected chi connectivity index (χ0v) is 12.7. The van der Waals surface area contributed by atoms with Gasteiger partial charge in [0.2, 0.25) is 5.43 Å². The molecule has 0 saturated carbocycles. The van der Waals surface area contributed by atoms with Gasteiger partial charge in [0.1, 0.15) is 0 Å².